The molecule has 0 radical (unpaired) electrons. The Balaban J connectivity index is 1.29. The summed E-state index contributed by atoms with van der Waals surface area (Å²) in [6.45, 7) is 1.08. The highest BCUT2D eigenvalue weighted by molar-refractivity contribution is 5.66. The summed E-state index contributed by atoms with van der Waals surface area (Å²) in [5.74, 6) is 1.19. The van der Waals surface area contributed by atoms with Crippen molar-refractivity contribution < 1.29 is 29.6 Å². The maximum Gasteiger partial charge on any atom is 0.408 e. The second-order valence-corrected chi connectivity index (χ2v) is 14.6. The van der Waals surface area contributed by atoms with Gasteiger partial charge in [-0.2, -0.15) is 0 Å². The van der Waals surface area contributed by atoms with Gasteiger partial charge in [-0.25, -0.2) is 14.8 Å². The molecule has 0 spiro atoms. The molecule has 52 heavy (non-hydrogen) atoms. The van der Waals surface area contributed by atoms with E-state index in [0.717, 1.165) is 75.3 Å². The van der Waals surface area contributed by atoms with Crippen LogP contribution in [0.1, 0.15) is 112 Å². The quantitative estimate of drug-likeness (QED) is 0.0949. The first-order valence-electron chi connectivity index (χ1n) is 19.1. The van der Waals surface area contributed by atoms with Gasteiger partial charge in [-0.05, 0) is 35.8 Å². The van der Waals surface area contributed by atoms with Crippen molar-refractivity contribution in [3.8, 4) is 0 Å². The summed E-state index contributed by atoms with van der Waals surface area (Å²) in [6.07, 6.45) is 14.6. The number of imidazole rings is 2. The largest absolute Gasteiger partial charge is 0.465 e. The second kappa shape index (κ2) is 19.2. The molecule has 2 aliphatic rings. The molecule has 0 bridgehead atoms. The van der Waals surface area contributed by atoms with Crippen LogP contribution in [0, 0.1) is 11.8 Å². The van der Waals surface area contributed by atoms with E-state index in [4.69, 9.17) is 9.47 Å². The Bertz CT molecular complexity index is 1500. The van der Waals surface area contributed by atoms with Gasteiger partial charge in [0.2, 0.25) is 0 Å². The predicted octanol–water partition coefficient (Wildman–Crippen LogP) is 7.85. The Hall–Kier alpha value is -4.03. The van der Waals surface area contributed by atoms with Crippen LogP contribution in [0.4, 0.5) is 4.79 Å². The molecular formula is C41H55N5O6. The lowest BCUT2D eigenvalue weighted by Crippen LogP contribution is -2.53. The molecule has 4 atom stereocenters. The van der Waals surface area contributed by atoms with Gasteiger partial charge in [-0.1, -0.05) is 125 Å². The number of nitrogens with zero attached hydrogens (tertiary/aromatic N) is 5. The number of hydrogen-bond acceptors (Lipinski definition) is 7. The molecule has 2 saturated carbocycles. The lowest BCUT2D eigenvalue weighted by molar-refractivity contribution is -0.0413. The van der Waals surface area contributed by atoms with E-state index in [1.807, 2.05) is 60.7 Å². The molecule has 1 amide bonds. The van der Waals surface area contributed by atoms with E-state index in [0.29, 0.717) is 37.7 Å². The van der Waals surface area contributed by atoms with Crippen LogP contribution in [0.25, 0.3) is 0 Å². The molecular weight excluding hydrogens is 658 g/mol. The summed E-state index contributed by atoms with van der Waals surface area (Å²) < 4.78 is 15.6. The molecule has 0 saturated heterocycles. The topological polar surface area (TPSA) is 135 Å². The molecule has 2 aliphatic carbocycles. The minimum atomic E-state index is -1.25. The number of carbonyl (C=O) groups is 1. The third kappa shape index (κ3) is 10.1. The number of aromatic nitrogens is 4. The summed E-state index contributed by atoms with van der Waals surface area (Å²) in [6, 6.07) is 18.0. The molecule has 11 nitrogen and oxygen atoms in total. The summed E-state index contributed by atoms with van der Waals surface area (Å²) >= 11 is 0. The summed E-state index contributed by atoms with van der Waals surface area (Å²) in [5.41, 5.74) is 2.06. The van der Waals surface area contributed by atoms with Crippen molar-refractivity contribution in [1.82, 2.24) is 24.0 Å². The molecule has 2 heterocycles. The Morgan fingerprint density at radius 3 is 1.46 bits per heavy atom. The number of amides is 1. The minimum absolute atomic E-state index is 0.152. The number of benzene rings is 2. The monoisotopic (exact) mass is 713 g/mol. The second-order valence-electron chi connectivity index (χ2n) is 14.6. The maximum absolute atomic E-state index is 13.6. The van der Waals surface area contributed by atoms with E-state index in [1.54, 1.807) is 33.9 Å². The van der Waals surface area contributed by atoms with Crippen molar-refractivity contribution >= 4 is 6.09 Å². The third-order valence-electron chi connectivity index (χ3n) is 11.0. The van der Waals surface area contributed by atoms with Crippen LogP contribution in [0.3, 0.4) is 0 Å². The van der Waals surface area contributed by atoms with Crippen LogP contribution in [-0.4, -0.2) is 57.5 Å². The zero-order valence-electron chi connectivity index (χ0n) is 30.2. The van der Waals surface area contributed by atoms with Gasteiger partial charge in [0.05, 0.1) is 25.3 Å². The highest BCUT2D eigenvalue weighted by Crippen LogP contribution is 2.39. The van der Waals surface area contributed by atoms with Gasteiger partial charge in [0.1, 0.15) is 37.3 Å². The van der Waals surface area contributed by atoms with Crippen molar-refractivity contribution in [2.75, 3.05) is 0 Å². The minimum Gasteiger partial charge on any atom is -0.465 e. The number of rotatable bonds is 18. The maximum atomic E-state index is 13.6. The Labute approximate surface area is 307 Å². The van der Waals surface area contributed by atoms with Crippen molar-refractivity contribution in [1.29, 1.82) is 0 Å². The first-order valence-corrected chi connectivity index (χ1v) is 19.1. The Morgan fingerprint density at radius 1 is 0.673 bits per heavy atom. The smallest absolute Gasteiger partial charge is 0.408 e. The van der Waals surface area contributed by atoms with Crippen LogP contribution in [0.15, 0.2) is 85.5 Å². The lowest BCUT2D eigenvalue weighted by Gasteiger charge is -2.43. The van der Waals surface area contributed by atoms with Crippen LogP contribution in [0.2, 0.25) is 0 Å². The summed E-state index contributed by atoms with van der Waals surface area (Å²) in [5, 5.41) is 35.7. The van der Waals surface area contributed by atoms with Gasteiger partial charge >= 0.3 is 6.09 Å². The van der Waals surface area contributed by atoms with Gasteiger partial charge in [0.25, 0.3) is 0 Å². The first kappa shape index (κ1) is 37.7. The van der Waals surface area contributed by atoms with E-state index < -0.39 is 30.4 Å². The number of aliphatic hydroxyl groups is 2. The standard InChI is InChI=1S/C41H55N5O6/c47-37(39-42-21-23-44(39)29-51-27-33-17-9-3-10-18-33)35(25-31-13-5-1-6-14-31)46(41(49)50)36(26-32-15-7-2-8-16-32)38(48)40-43-22-24-45(40)30-52-28-34-19-11-4-12-20-34/h3-4,9-12,17-24,31-32,35-38,47-48H,1-2,5-8,13-16,25-30H2,(H,49,50). The van der Waals surface area contributed by atoms with Gasteiger partial charge in [0, 0.05) is 24.8 Å². The molecule has 0 aliphatic heterocycles. The number of ether oxygens (including phenoxy) is 2. The van der Waals surface area contributed by atoms with E-state index in [9.17, 15) is 20.1 Å². The fourth-order valence-electron chi connectivity index (χ4n) is 8.26. The van der Waals surface area contributed by atoms with Crippen molar-refractivity contribution in [3.63, 3.8) is 0 Å². The first-order chi connectivity index (χ1) is 25.5. The van der Waals surface area contributed by atoms with Crippen LogP contribution < -0.4 is 0 Å². The van der Waals surface area contributed by atoms with E-state index in [-0.39, 0.29) is 25.3 Å². The number of carboxylic acid groups (broad SMARTS) is 1. The van der Waals surface area contributed by atoms with Crippen LogP contribution in [-0.2, 0) is 36.1 Å². The normalized spacial score (nSPS) is 18.1. The molecule has 3 N–H and O–H groups in total. The van der Waals surface area contributed by atoms with E-state index in [1.165, 1.54) is 4.90 Å². The fourth-order valence-corrected chi connectivity index (χ4v) is 8.26. The number of hydrogen-bond donors (Lipinski definition) is 3. The van der Waals surface area contributed by atoms with Crippen molar-refractivity contribution in [2.45, 2.75) is 128 Å². The van der Waals surface area contributed by atoms with Crippen LogP contribution in [0.5, 0.6) is 0 Å². The molecule has 11 heteroatoms. The van der Waals surface area contributed by atoms with Gasteiger partial charge in [-0.15, -0.1) is 0 Å². The SMILES string of the molecule is O=C(O)N(C(CC1CCCCC1)C(O)c1nccn1COCc1ccccc1)C(CC1CCCCC1)C(O)c1nccn1COCc1ccccc1. The van der Waals surface area contributed by atoms with Gasteiger partial charge < -0.3 is 33.9 Å². The molecule has 4 aromatic rings. The average molecular weight is 714 g/mol. The van der Waals surface area contributed by atoms with Crippen molar-refractivity contribution in [2.24, 2.45) is 11.8 Å². The Kier molecular flexibility index (Phi) is 13.9. The van der Waals surface area contributed by atoms with E-state index in [2.05, 4.69) is 9.97 Å². The Morgan fingerprint density at radius 2 is 1.08 bits per heavy atom. The zero-order valence-corrected chi connectivity index (χ0v) is 30.2. The van der Waals surface area contributed by atoms with E-state index >= 15 is 0 Å². The van der Waals surface area contributed by atoms with Crippen molar-refractivity contribution in [3.05, 3.63) is 108 Å². The summed E-state index contributed by atoms with van der Waals surface area (Å²) in [7, 11) is 0. The lowest BCUT2D eigenvalue weighted by atomic mass is 9.80. The van der Waals surface area contributed by atoms with Crippen LogP contribution >= 0.6 is 0 Å². The fraction of sp³-hybridized carbons (Fsp3) is 0.537. The molecule has 280 valence electrons. The molecule has 2 aromatic carbocycles. The highest BCUT2D eigenvalue weighted by Gasteiger charge is 2.43. The number of aliphatic hydroxyl groups excluding tert-OH is 2. The predicted molar refractivity (Wildman–Crippen MR) is 197 cm³/mol. The molecule has 2 aromatic heterocycles. The third-order valence-corrected chi connectivity index (χ3v) is 11.0. The molecule has 2 fully saturated rings. The van der Waals surface area contributed by atoms with Gasteiger partial charge in [-0.3, -0.25) is 4.90 Å². The molecule has 6 rings (SSSR count). The highest BCUT2D eigenvalue weighted by atomic mass is 16.5. The van der Waals surface area contributed by atoms with Gasteiger partial charge in [0.15, 0.2) is 0 Å². The molecule has 4 unspecified atom stereocenters. The summed E-state index contributed by atoms with van der Waals surface area (Å²) in [4.78, 5) is 24.1. The zero-order chi connectivity index (χ0) is 36.1. The average Bonchev–Trinajstić information content (AvgIpc) is 3.85.